The Bertz CT molecular complexity index is 1550. The van der Waals surface area contributed by atoms with Gasteiger partial charge in [0.05, 0.1) is 6.61 Å². The molecule has 0 fully saturated rings. The van der Waals surface area contributed by atoms with E-state index < -0.39 is 11.6 Å². The molecule has 0 bridgehead atoms. The molecule has 232 valence electrons. The van der Waals surface area contributed by atoms with Crippen molar-refractivity contribution in [3.8, 4) is 16.9 Å². The van der Waals surface area contributed by atoms with Gasteiger partial charge < -0.3 is 19.9 Å². The summed E-state index contributed by atoms with van der Waals surface area (Å²) in [5.74, 6) is 0.975. The molecule has 1 heterocycles. The van der Waals surface area contributed by atoms with Crippen LogP contribution in [0.25, 0.3) is 17.2 Å². The summed E-state index contributed by atoms with van der Waals surface area (Å²) in [6.07, 6.45) is 7.38. The molecule has 0 spiro atoms. The number of amides is 1. The van der Waals surface area contributed by atoms with Crippen LogP contribution in [0.4, 0.5) is 0 Å². The van der Waals surface area contributed by atoms with E-state index in [1.54, 1.807) is 0 Å². The molecule has 6 nitrogen and oxygen atoms in total. The van der Waals surface area contributed by atoms with Gasteiger partial charge in [-0.15, -0.1) is 0 Å². The second-order valence-corrected chi connectivity index (χ2v) is 11.3. The lowest BCUT2D eigenvalue weighted by molar-refractivity contribution is -0.128. The maximum atomic E-state index is 14.3. The molecular formula is C39H42N2O4. The van der Waals surface area contributed by atoms with E-state index in [0.29, 0.717) is 37.6 Å². The monoisotopic (exact) mass is 602 g/mol. The van der Waals surface area contributed by atoms with Crippen LogP contribution in [0.3, 0.4) is 0 Å². The molecular weight excluding hydrogens is 560 g/mol. The minimum absolute atomic E-state index is 0.0811. The summed E-state index contributed by atoms with van der Waals surface area (Å²) in [4.78, 5) is 19.4. The Kier molecular flexibility index (Phi) is 11.2. The van der Waals surface area contributed by atoms with E-state index >= 15 is 0 Å². The Labute approximate surface area is 266 Å². The number of aliphatic hydroxyl groups excluding tert-OH is 1. The largest absolute Gasteiger partial charge is 0.494 e. The van der Waals surface area contributed by atoms with Gasteiger partial charge in [-0.25, -0.2) is 4.99 Å². The van der Waals surface area contributed by atoms with E-state index in [2.05, 4.69) is 36.5 Å². The maximum Gasteiger partial charge on any atom is 0.252 e. The number of aliphatic hydroxyl groups is 1. The van der Waals surface area contributed by atoms with Crippen LogP contribution in [0.2, 0.25) is 0 Å². The maximum absolute atomic E-state index is 14.3. The molecule has 0 aromatic heterocycles. The van der Waals surface area contributed by atoms with Gasteiger partial charge in [0.25, 0.3) is 5.91 Å². The Morgan fingerprint density at radius 3 is 2.22 bits per heavy atom. The van der Waals surface area contributed by atoms with Crippen LogP contribution in [0.5, 0.6) is 5.75 Å². The summed E-state index contributed by atoms with van der Waals surface area (Å²) in [6.45, 7) is 3.25. The van der Waals surface area contributed by atoms with E-state index in [9.17, 15) is 4.79 Å². The van der Waals surface area contributed by atoms with Crippen LogP contribution in [0, 0.1) is 0 Å². The summed E-state index contributed by atoms with van der Waals surface area (Å²) < 4.78 is 12.4. The third-order valence-corrected chi connectivity index (χ3v) is 7.96. The summed E-state index contributed by atoms with van der Waals surface area (Å²) in [5, 5.41) is 12.3. The SMILES string of the molecule is CCCCCNC(=O)[C@]1(C/C=C/c2ccccc2)N=C(c2ccc(OCCCO)cc2)O[C@@H]1c1ccc(-c2ccccc2)cc1. The second kappa shape index (κ2) is 15.9. The molecule has 0 radical (unpaired) electrons. The van der Waals surface area contributed by atoms with Crippen molar-refractivity contribution < 1.29 is 19.4 Å². The van der Waals surface area contributed by atoms with Gasteiger partial charge in [-0.1, -0.05) is 117 Å². The van der Waals surface area contributed by atoms with Crippen molar-refractivity contribution in [1.29, 1.82) is 0 Å². The Balaban J connectivity index is 1.51. The number of hydrogen-bond acceptors (Lipinski definition) is 5. The van der Waals surface area contributed by atoms with E-state index in [-0.39, 0.29) is 12.5 Å². The van der Waals surface area contributed by atoms with E-state index in [1.807, 2.05) is 97.1 Å². The Morgan fingerprint density at radius 2 is 1.53 bits per heavy atom. The van der Waals surface area contributed by atoms with Gasteiger partial charge in [0.2, 0.25) is 5.90 Å². The number of nitrogens with one attached hydrogen (secondary N) is 1. The van der Waals surface area contributed by atoms with E-state index in [1.165, 1.54) is 0 Å². The van der Waals surface area contributed by atoms with Crippen molar-refractivity contribution >= 4 is 17.9 Å². The van der Waals surface area contributed by atoms with Gasteiger partial charge >= 0.3 is 0 Å². The predicted molar refractivity (Wildman–Crippen MR) is 181 cm³/mol. The van der Waals surface area contributed by atoms with E-state index in [0.717, 1.165) is 47.1 Å². The molecule has 2 N–H and O–H groups in total. The highest BCUT2D eigenvalue weighted by molar-refractivity contribution is 6.01. The first-order chi connectivity index (χ1) is 22.1. The third-order valence-electron chi connectivity index (χ3n) is 7.96. The number of nitrogens with zero attached hydrogens (tertiary/aromatic N) is 1. The van der Waals surface area contributed by atoms with Gasteiger partial charge in [0.1, 0.15) is 5.75 Å². The molecule has 0 unspecified atom stereocenters. The standard InChI is InChI=1S/C39H42N2O4/c1-2-3-10-27-40-38(43)39(26-11-15-30-13-6-4-7-14-30)36(33-20-18-32(19-21-33)31-16-8-5-9-17-31)45-37(41-39)34-22-24-35(25-23-34)44-29-12-28-42/h4-9,11,13-25,36,42H,2-3,10,12,26-29H2,1H3,(H,40,43)/b15-11+/t36-,39-/m1/s1. The first-order valence-electron chi connectivity index (χ1n) is 15.9. The van der Waals surface area contributed by atoms with Crippen molar-refractivity contribution in [1.82, 2.24) is 5.32 Å². The molecule has 1 aliphatic rings. The molecule has 4 aromatic rings. The number of ether oxygens (including phenoxy) is 2. The van der Waals surface area contributed by atoms with Crippen molar-refractivity contribution in [3.05, 3.63) is 132 Å². The molecule has 5 rings (SSSR count). The number of carbonyl (C=O) groups is 1. The van der Waals surface area contributed by atoms with Crippen LogP contribution in [-0.2, 0) is 9.53 Å². The summed E-state index contributed by atoms with van der Waals surface area (Å²) in [7, 11) is 0. The van der Waals surface area contributed by atoms with Crippen LogP contribution >= 0.6 is 0 Å². The van der Waals surface area contributed by atoms with Gasteiger partial charge in [0, 0.05) is 31.6 Å². The summed E-state index contributed by atoms with van der Waals surface area (Å²) in [6, 6.07) is 36.1. The van der Waals surface area contributed by atoms with Gasteiger partial charge in [0.15, 0.2) is 11.6 Å². The van der Waals surface area contributed by atoms with Crippen LogP contribution < -0.4 is 10.1 Å². The highest BCUT2D eigenvalue weighted by Crippen LogP contribution is 2.43. The zero-order valence-electron chi connectivity index (χ0n) is 25.9. The molecule has 1 amide bonds. The number of unbranched alkanes of at least 4 members (excludes halogenated alkanes) is 2. The van der Waals surface area contributed by atoms with E-state index in [4.69, 9.17) is 19.6 Å². The minimum Gasteiger partial charge on any atom is -0.494 e. The van der Waals surface area contributed by atoms with Crippen LogP contribution in [-0.4, -0.2) is 42.2 Å². The molecule has 1 aliphatic heterocycles. The number of carbonyl (C=O) groups excluding carboxylic acids is 1. The predicted octanol–water partition coefficient (Wildman–Crippen LogP) is 7.78. The lowest BCUT2D eigenvalue weighted by atomic mass is 9.83. The fourth-order valence-electron chi connectivity index (χ4n) is 5.46. The fourth-order valence-corrected chi connectivity index (χ4v) is 5.46. The third kappa shape index (κ3) is 8.08. The Hall–Kier alpha value is -4.68. The van der Waals surface area contributed by atoms with Crippen molar-refractivity contribution in [2.24, 2.45) is 4.99 Å². The minimum atomic E-state index is -1.21. The topological polar surface area (TPSA) is 80.2 Å². The van der Waals surface area contributed by atoms with Gasteiger partial charge in [-0.2, -0.15) is 0 Å². The highest BCUT2D eigenvalue weighted by atomic mass is 16.5. The summed E-state index contributed by atoms with van der Waals surface area (Å²) >= 11 is 0. The van der Waals surface area contributed by atoms with Gasteiger partial charge in [-0.3, -0.25) is 4.79 Å². The molecule has 0 saturated heterocycles. The van der Waals surface area contributed by atoms with Crippen molar-refractivity contribution in [2.45, 2.75) is 50.7 Å². The quantitative estimate of drug-likeness (QED) is 0.136. The average Bonchev–Trinajstić information content (AvgIpc) is 3.49. The summed E-state index contributed by atoms with van der Waals surface area (Å²) in [5.41, 5.74) is 3.71. The second-order valence-electron chi connectivity index (χ2n) is 11.3. The molecule has 45 heavy (non-hydrogen) atoms. The fraction of sp³-hybridized carbons (Fsp3) is 0.282. The lowest BCUT2D eigenvalue weighted by Crippen LogP contribution is -2.48. The van der Waals surface area contributed by atoms with Crippen LogP contribution in [0.15, 0.2) is 120 Å². The molecule has 2 atom stereocenters. The Morgan fingerprint density at radius 1 is 0.867 bits per heavy atom. The first-order valence-corrected chi connectivity index (χ1v) is 15.9. The van der Waals surface area contributed by atoms with Crippen molar-refractivity contribution in [2.75, 3.05) is 19.8 Å². The number of rotatable bonds is 15. The zero-order chi connectivity index (χ0) is 31.3. The molecule has 6 heteroatoms. The number of aliphatic imine (C=N–C) groups is 1. The average molecular weight is 603 g/mol. The molecule has 0 saturated carbocycles. The lowest BCUT2D eigenvalue weighted by Gasteiger charge is -2.30. The number of benzene rings is 4. The molecule has 4 aromatic carbocycles. The first kappa shape index (κ1) is 31.7. The zero-order valence-corrected chi connectivity index (χ0v) is 25.9. The van der Waals surface area contributed by atoms with Gasteiger partial charge in [-0.05, 0) is 52.9 Å². The van der Waals surface area contributed by atoms with Crippen LogP contribution in [0.1, 0.15) is 61.8 Å². The number of hydrogen-bond donors (Lipinski definition) is 2. The molecule has 0 aliphatic carbocycles. The highest BCUT2D eigenvalue weighted by Gasteiger charge is 2.52. The smallest absolute Gasteiger partial charge is 0.252 e. The normalized spacial score (nSPS) is 17.6. The van der Waals surface area contributed by atoms with Crippen molar-refractivity contribution in [3.63, 3.8) is 0 Å².